The maximum Gasteiger partial charge on any atom is 0.238 e. The summed E-state index contributed by atoms with van der Waals surface area (Å²) in [6.07, 6.45) is 0. The number of benzene rings is 1. The van der Waals surface area contributed by atoms with Crippen LogP contribution in [0.2, 0.25) is 0 Å². The highest BCUT2D eigenvalue weighted by Crippen LogP contribution is 2.12. The minimum atomic E-state index is -3.69. The number of primary sulfonamides is 1. The SMILES string of the molecule is CC(C)(C)OCCOCCNC(=S)Nc1ccc(S(N)(=O)=O)cc1. The second-order valence-corrected chi connectivity index (χ2v) is 7.99. The zero-order valence-corrected chi connectivity index (χ0v) is 15.8. The van der Waals surface area contributed by atoms with Crippen LogP contribution in [0.1, 0.15) is 20.8 Å². The van der Waals surface area contributed by atoms with E-state index in [9.17, 15) is 8.42 Å². The topological polar surface area (TPSA) is 103 Å². The molecule has 4 N–H and O–H groups in total. The van der Waals surface area contributed by atoms with Gasteiger partial charge in [-0.2, -0.15) is 0 Å². The number of nitrogens with two attached hydrogens (primary N) is 1. The number of anilines is 1. The number of hydrogen-bond acceptors (Lipinski definition) is 5. The Labute approximate surface area is 149 Å². The van der Waals surface area contributed by atoms with E-state index in [-0.39, 0.29) is 10.5 Å². The van der Waals surface area contributed by atoms with Gasteiger partial charge >= 0.3 is 0 Å². The zero-order valence-electron chi connectivity index (χ0n) is 14.2. The molecule has 0 heterocycles. The third kappa shape index (κ3) is 9.14. The number of rotatable bonds is 8. The molecule has 0 aliphatic rings. The number of sulfonamides is 1. The number of nitrogens with one attached hydrogen (secondary N) is 2. The first-order valence-electron chi connectivity index (χ1n) is 7.47. The van der Waals surface area contributed by atoms with E-state index in [1.54, 1.807) is 12.1 Å². The Balaban J connectivity index is 2.20. The lowest BCUT2D eigenvalue weighted by Crippen LogP contribution is -2.31. The molecule has 0 aliphatic heterocycles. The smallest absolute Gasteiger partial charge is 0.238 e. The maximum atomic E-state index is 11.2. The highest BCUT2D eigenvalue weighted by Gasteiger charge is 2.09. The normalized spacial score (nSPS) is 12.0. The van der Waals surface area contributed by atoms with Gasteiger partial charge in [-0.1, -0.05) is 0 Å². The van der Waals surface area contributed by atoms with Crippen LogP contribution in [0.15, 0.2) is 29.2 Å². The van der Waals surface area contributed by atoms with E-state index < -0.39 is 10.0 Å². The van der Waals surface area contributed by atoms with E-state index in [4.69, 9.17) is 26.8 Å². The van der Waals surface area contributed by atoms with Crippen molar-refractivity contribution in [1.82, 2.24) is 5.32 Å². The number of hydrogen-bond donors (Lipinski definition) is 3. The molecule has 0 aliphatic carbocycles. The van der Waals surface area contributed by atoms with Crippen LogP contribution in [0.5, 0.6) is 0 Å². The fourth-order valence-corrected chi connectivity index (χ4v) is 2.38. The van der Waals surface area contributed by atoms with Crippen molar-refractivity contribution in [3.63, 3.8) is 0 Å². The molecular formula is C15H25N3O4S2. The molecule has 0 fully saturated rings. The second-order valence-electron chi connectivity index (χ2n) is 6.02. The minimum Gasteiger partial charge on any atom is -0.377 e. The summed E-state index contributed by atoms with van der Waals surface area (Å²) in [6, 6.07) is 6.01. The largest absolute Gasteiger partial charge is 0.377 e. The maximum absolute atomic E-state index is 11.2. The third-order valence-corrected chi connectivity index (χ3v) is 3.91. The lowest BCUT2D eigenvalue weighted by molar-refractivity contribution is -0.0340. The van der Waals surface area contributed by atoms with E-state index >= 15 is 0 Å². The Morgan fingerprint density at radius 1 is 1.17 bits per heavy atom. The molecular weight excluding hydrogens is 350 g/mol. The van der Waals surface area contributed by atoms with Crippen LogP contribution in [-0.2, 0) is 19.5 Å². The average molecular weight is 376 g/mol. The van der Waals surface area contributed by atoms with E-state index in [0.717, 1.165) is 0 Å². The molecule has 0 bridgehead atoms. The van der Waals surface area contributed by atoms with Crippen LogP contribution in [0.3, 0.4) is 0 Å². The molecule has 1 aromatic carbocycles. The van der Waals surface area contributed by atoms with Gasteiger partial charge in [-0.3, -0.25) is 0 Å². The predicted molar refractivity (Wildman–Crippen MR) is 98.6 cm³/mol. The quantitative estimate of drug-likeness (QED) is 0.467. The minimum absolute atomic E-state index is 0.0535. The summed E-state index contributed by atoms with van der Waals surface area (Å²) in [6.45, 7) is 8.10. The van der Waals surface area contributed by atoms with Gasteiger partial charge in [-0.05, 0) is 57.3 Å². The monoisotopic (exact) mass is 375 g/mol. The molecule has 0 radical (unpaired) electrons. The van der Waals surface area contributed by atoms with Crippen molar-refractivity contribution >= 4 is 33.0 Å². The van der Waals surface area contributed by atoms with Crippen LogP contribution in [0.25, 0.3) is 0 Å². The standard InChI is InChI=1S/C15H25N3O4S2/c1-15(2,3)22-11-10-21-9-8-17-14(23)18-12-4-6-13(7-5-12)24(16,19)20/h4-7H,8-11H2,1-3H3,(H2,16,19,20)(H2,17,18,23). The molecule has 0 atom stereocenters. The summed E-state index contributed by atoms with van der Waals surface area (Å²) in [5.41, 5.74) is 0.505. The molecule has 0 saturated heterocycles. The van der Waals surface area contributed by atoms with Gasteiger partial charge in [0.15, 0.2) is 5.11 Å². The van der Waals surface area contributed by atoms with E-state index in [0.29, 0.717) is 37.2 Å². The van der Waals surface area contributed by atoms with Crippen LogP contribution < -0.4 is 15.8 Å². The summed E-state index contributed by atoms with van der Waals surface area (Å²) in [5.74, 6) is 0. The molecule has 0 saturated carbocycles. The van der Waals surface area contributed by atoms with Crippen molar-refractivity contribution in [2.24, 2.45) is 5.14 Å². The first-order valence-corrected chi connectivity index (χ1v) is 9.43. The van der Waals surface area contributed by atoms with Gasteiger partial charge in [0.25, 0.3) is 0 Å². The van der Waals surface area contributed by atoms with Crippen LogP contribution in [0, 0.1) is 0 Å². The molecule has 0 unspecified atom stereocenters. The zero-order chi connectivity index (χ0) is 18.2. The van der Waals surface area contributed by atoms with Gasteiger partial charge < -0.3 is 20.1 Å². The molecule has 0 aromatic heterocycles. The summed E-state index contributed by atoms with van der Waals surface area (Å²) < 4.78 is 33.3. The van der Waals surface area contributed by atoms with Crippen molar-refractivity contribution in [3.05, 3.63) is 24.3 Å². The molecule has 9 heteroatoms. The van der Waals surface area contributed by atoms with Gasteiger partial charge in [0, 0.05) is 12.2 Å². The highest BCUT2D eigenvalue weighted by molar-refractivity contribution is 7.89. The van der Waals surface area contributed by atoms with Crippen molar-refractivity contribution < 1.29 is 17.9 Å². The summed E-state index contributed by atoms with van der Waals surface area (Å²) in [4.78, 5) is 0.0535. The summed E-state index contributed by atoms with van der Waals surface area (Å²) >= 11 is 5.15. The highest BCUT2D eigenvalue weighted by atomic mass is 32.2. The Kier molecular flexibility index (Phi) is 8.04. The Bertz CT molecular complexity index is 625. The lowest BCUT2D eigenvalue weighted by Gasteiger charge is -2.19. The first-order chi connectivity index (χ1) is 11.1. The van der Waals surface area contributed by atoms with Crippen LogP contribution >= 0.6 is 12.2 Å². The molecule has 136 valence electrons. The van der Waals surface area contributed by atoms with Crippen LogP contribution in [-0.4, -0.2) is 45.5 Å². The van der Waals surface area contributed by atoms with Crippen LogP contribution in [0.4, 0.5) is 5.69 Å². The van der Waals surface area contributed by atoms with Gasteiger partial charge in [0.05, 0.1) is 30.3 Å². The molecule has 7 nitrogen and oxygen atoms in total. The van der Waals surface area contributed by atoms with E-state index in [2.05, 4.69) is 10.6 Å². The Hall–Kier alpha value is -1.26. The Morgan fingerprint density at radius 2 is 1.79 bits per heavy atom. The van der Waals surface area contributed by atoms with Crippen molar-refractivity contribution in [2.45, 2.75) is 31.3 Å². The molecule has 0 amide bonds. The lowest BCUT2D eigenvalue weighted by atomic mass is 10.2. The van der Waals surface area contributed by atoms with Gasteiger partial charge in [-0.15, -0.1) is 0 Å². The van der Waals surface area contributed by atoms with Crippen molar-refractivity contribution in [1.29, 1.82) is 0 Å². The Morgan fingerprint density at radius 3 is 2.33 bits per heavy atom. The number of ether oxygens (including phenoxy) is 2. The first kappa shape index (κ1) is 20.8. The molecule has 1 aromatic rings. The summed E-state index contributed by atoms with van der Waals surface area (Å²) in [5, 5.41) is 11.4. The fourth-order valence-electron chi connectivity index (χ4n) is 1.65. The molecule has 0 spiro atoms. The van der Waals surface area contributed by atoms with Crippen molar-refractivity contribution in [2.75, 3.05) is 31.7 Å². The summed E-state index contributed by atoms with van der Waals surface area (Å²) in [7, 11) is -3.69. The van der Waals surface area contributed by atoms with Crippen molar-refractivity contribution in [3.8, 4) is 0 Å². The number of thiocarbonyl (C=S) groups is 1. The van der Waals surface area contributed by atoms with Gasteiger partial charge in [0.2, 0.25) is 10.0 Å². The van der Waals surface area contributed by atoms with Gasteiger partial charge in [-0.25, -0.2) is 13.6 Å². The third-order valence-electron chi connectivity index (χ3n) is 2.74. The average Bonchev–Trinajstić information content (AvgIpc) is 2.44. The van der Waals surface area contributed by atoms with E-state index in [1.165, 1.54) is 12.1 Å². The molecule has 24 heavy (non-hydrogen) atoms. The second kappa shape index (κ2) is 9.28. The fraction of sp³-hybridized carbons (Fsp3) is 0.533. The molecule has 1 rings (SSSR count). The van der Waals surface area contributed by atoms with Gasteiger partial charge in [0.1, 0.15) is 0 Å². The predicted octanol–water partition coefficient (Wildman–Crippen LogP) is 1.45. The van der Waals surface area contributed by atoms with E-state index in [1.807, 2.05) is 20.8 Å².